The van der Waals surface area contributed by atoms with E-state index in [2.05, 4.69) is 31.1 Å². The van der Waals surface area contributed by atoms with Crippen LogP contribution < -0.4 is 0 Å². The van der Waals surface area contributed by atoms with Gasteiger partial charge in [0.05, 0.1) is 27.9 Å². The van der Waals surface area contributed by atoms with Crippen LogP contribution in [0, 0.1) is 5.82 Å². The van der Waals surface area contributed by atoms with Crippen LogP contribution >= 0.6 is 27.5 Å². The van der Waals surface area contributed by atoms with Crippen molar-refractivity contribution in [3.8, 4) is 0 Å². The number of alkyl halides is 1. The summed E-state index contributed by atoms with van der Waals surface area (Å²) in [5, 5.41) is 7.89. The van der Waals surface area contributed by atoms with Crippen LogP contribution in [0.5, 0.6) is 0 Å². The second-order valence-corrected chi connectivity index (χ2v) is 5.48. The van der Waals surface area contributed by atoms with Gasteiger partial charge in [0.1, 0.15) is 18.0 Å². The van der Waals surface area contributed by atoms with E-state index < -0.39 is 0 Å². The van der Waals surface area contributed by atoms with Crippen molar-refractivity contribution in [2.45, 2.75) is 12.4 Å². The molecule has 0 aliphatic rings. The Labute approximate surface area is 127 Å². The summed E-state index contributed by atoms with van der Waals surface area (Å²) in [6.07, 6.45) is 1.63. The summed E-state index contributed by atoms with van der Waals surface area (Å²) in [5.74, 6) is 1.34. The van der Waals surface area contributed by atoms with Crippen molar-refractivity contribution in [1.82, 2.24) is 24.3 Å². The molecule has 104 valence electrons. The van der Waals surface area contributed by atoms with E-state index in [0.717, 1.165) is 11.3 Å². The summed E-state index contributed by atoms with van der Waals surface area (Å²) >= 11 is 9.12. The lowest BCUT2D eigenvalue weighted by atomic mass is 10.3. The Bertz CT molecular complexity index is 782. The Morgan fingerprint density at radius 1 is 1.35 bits per heavy atom. The molecule has 0 saturated carbocycles. The molecule has 3 rings (SSSR count). The zero-order chi connectivity index (χ0) is 14.3. The number of benzene rings is 1. The van der Waals surface area contributed by atoms with Crippen LogP contribution in [0.3, 0.4) is 0 Å². The lowest BCUT2D eigenvalue weighted by Crippen LogP contribution is -2.08. The second kappa shape index (κ2) is 5.14. The molecule has 5 nitrogen and oxygen atoms in total. The third-order valence-electron chi connectivity index (χ3n) is 3.09. The van der Waals surface area contributed by atoms with Crippen LogP contribution in [0.2, 0.25) is 0 Å². The molecular weight excluding hydrogens is 349 g/mol. The van der Waals surface area contributed by atoms with Crippen LogP contribution in [-0.4, -0.2) is 24.3 Å². The van der Waals surface area contributed by atoms with Gasteiger partial charge in [-0.05, 0) is 22.0 Å². The normalized spacial score (nSPS) is 11.4. The highest BCUT2D eigenvalue weighted by molar-refractivity contribution is 9.10. The van der Waals surface area contributed by atoms with Gasteiger partial charge in [0, 0.05) is 13.1 Å². The van der Waals surface area contributed by atoms with E-state index in [-0.39, 0.29) is 11.7 Å². The predicted octanol–water partition coefficient (Wildman–Crippen LogP) is 2.85. The summed E-state index contributed by atoms with van der Waals surface area (Å²) in [4.78, 5) is 4.36. The molecule has 0 amide bonds. The number of hydrogen-bond donors (Lipinski definition) is 0. The molecule has 0 aliphatic carbocycles. The second-order valence-electron chi connectivity index (χ2n) is 4.36. The monoisotopic (exact) mass is 357 g/mol. The fraction of sp³-hybridized carbons (Fsp3) is 0.250. The fourth-order valence-corrected chi connectivity index (χ4v) is 2.58. The third kappa shape index (κ3) is 2.20. The molecule has 0 unspecified atom stereocenters. The molecular formula is C12H10BrClFN5. The minimum absolute atomic E-state index is 0.242. The summed E-state index contributed by atoms with van der Waals surface area (Å²) < 4.78 is 17.7. The molecule has 20 heavy (non-hydrogen) atoms. The fourth-order valence-electron chi connectivity index (χ4n) is 2.04. The summed E-state index contributed by atoms with van der Waals surface area (Å²) in [6, 6.07) is 3.09. The Morgan fingerprint density at radius 2 is 2.15 bits per heavy atom. The van der Waals surface area contributed by atoms with Crippen LogP contribution in [0.1, 0.15) is 11.6 Å². The number of halogens is 3. The van der Waals surface area contributed by atoms with Crippen molar-refractivity contribution >= 4 is 38.6 Å². The molecule has 0 saturated heterocycles. The summed E-state index contributed by atoms with van der Waals surface area (Å²) in [6.45, 7) is 0.479. The first-order chi connectivity index (χ1) is 9.60. The van der Waals surface area contributed by atoms with Gasteiger partial charge >= 0.3 is 0 Å². The van der Waals surface area contributed by atoms with Crippen molar-refractivity contribution in [2.75, 3.05) is 0 Å². The predicted molar refractivity (Wildman–Crippen MR) is 77.1 cm³/mol. The van der Waals surface area contributed by atoms with Crippen LogP contribution in [0.25, 0.3) is 11.0 Å². The molecule has 0 atom stereocenters. The molecule has 3 aromatic rings. The van der Waals surface area contributed by atoms with E-state index in [0.29, 0.717) is 22.4 Å². The van der Waals surface area contributed by atoms with E-state index in [1.54, 1.807) is 12.4 Å². The van der Waals surface area contributed by atoms with Gasteiger partial charge in [-0.15, -0.1) is 21.8 Å². The SMILES string of the molecule is Cn1cnnc1Cn1c(CCl)nc2cc(F)c(Br)cc21. The minimum atomic E-state index is -0.345. The van der Waals surface area contributed by atoms with E-state index in [1.807, 2.05) is 16.2 Å². The molecule has 2 heterocycles. The minimum Gasteiger partial charge on any atom is -0.319 e. The maximum atomic E-state index is 13.6. The molecule has 0 aliphatic heterocycles. The van der Waals surface area contributed by atoms with Crippen LogP contribution in [0.4, 0.5) is 4.39 Å². The van der Waals surface area contributed by atoms with Gasteiger partial charge in [0.25, 0.3) is 0 Å². The van der Waals surface area contributed by atoms with E-state index >= 15 is 0 Å². The number of fused-ring (bicyclic) bond motifs is 1. The van der Waals surface area contributed by atoms with Crippen LogP contribution in [0.15, 0.2) is 22.9 Å². The van der Waals surface area contributed by atoms with Gasteiger partial charge in [-0.2, -0.15) is 0 Å². The molecule has 2 aromatic heterocycles. The first kappa shape index (κ1) is 13.5. The standard InChI is InChI=1S/C12H10BrClFN5/c1-19-6-16-18-12(19)5-20-10-2-7(13)8(15)3-9(10)17-11(20)4-14/h2-3,6H,4-5H2,1H3. The molecule has 0 radical (unpaired) electrons. The van der Waals surface area contributed by atoms with Gasteiger partial charge in [-0.1, -0.05) is 0 Å². The first-order valence-electron chi connectivity index (χ1n) is 5.83. The number of aromatic nitrogens is 5. The highest BCUT2D eigenvalue weighted by Gasteiger charge is 2.14. The van der Waals surface area contributed by atoms with E-state index in [9.17, 15) is 4.39 Å². The number of hydrogen-bond acceptors (Lipinski definition) is 3. The third-order valence-corrected chi connectivity index (χ3v) is 3.94. The number of nitrogens with zero attached hydrogens (tertiary/aromatic N) is 5. The number of rotatable bonds is 3. The Hall–Kier alpha value is -1.47. The van der Waals surface area contributed by atoms with Gasteiger partial charge < -0.3 is 9.13 Å². The van der Waals surface area contributed by atoms with Crippen molar-refractivity contribution < 1.29 is 4.39 Å². The first-order valence-corrected chi connectivity index (χ1v) is 7.16. The maximum Gasteiger partial charge on any atom is 0.152 e. The highest BCUT2D eigenvalue weighted by Crippen LogP contribution is 2.25. The lowest BCUT2D eigenvalue weighted by molar-refractivity contribution is 0.622. The Balaban J connectivity index is 2.17. The smallest absolute Gasteiger partial charge is 0.152 e. The zero-order valence-electron chi connectivity index (χ0n) is 10.5. The highest BCUT2D eigenvalue weighted by atomic mass is 79.9. The Kier molecular flexibility index (Phi) is 3.47. The summed E-state index contributed by atoms with van der Waals surface area (Å²) in [5.41, 5.74) is 1.38. The number of imidazole rings is 1. The van der Waals surface area contributed by atoms with Gasteiger partial charge in [-0.25, -0.2) is 9.37 Å². The average Bonchev–Trinajstić information content (AvgIpc) is 2.96. The van der Waals surface area contributed by atoms with Crippen LogP contribution in [-0.2, 0) is 19.5 Å². The zero-order valence-corrected chi connectivity index (χ0v) is 12.9. The lowest BCUT2D eigenvalue weighted by Gasteiger charge is -2.07. The molecule has 0 spiro atoms. The molecule has 8 heteroatoms. The van der Waals surface area contributed by atoms with Crippen molar-refractivity contribution in [3.63, 3.8) is 0 Å². The van der Waals surface area contributed by atoms with E-state index in [4.69, 9.17) is 11.6 Å². The van der Waals surface area contributed by atoms with Gasteiger partial charge in [-0.3, -0.25) is 0 Å². The average molecular weight is 359 g/mol. The molecule has 0 fully saturated rings. The van der Waals surface area contributed by atoms with Crippen molar-refractivity contribution in [3.05, 3.63) is 40.4 Å². The molecule has 0 N–H and O–H groups in total. The maximum absolute atomic E-state index is 13.6. The van der Waals surface area contributed by atoms with E-state index in [1.165, 1.54) is 6.07 Å². The molecule has 0 bridgehead atoms. The molecule has 1 aromatic carbocycles. The number of aryl methyl sites for hydroxylation is 1. The quantitative estimate of drug-likeness (QED) is 0.677. The van der Waals surface area contributed by atoms with Gasteiger partial charge in [0.2, 0.25) is 0 Å². The van der Waals surface area contributed by atoms with Crippen molar-refractivity contribution in [1.29, 1.82) is 0 Å². The summed E-state index contributed by atoms with van der Waals surface area (Å²) in [7, 11) is 1.87. The Morgan fingerprint density at radius 3 is 2.80 bits per heavy atom. The topological polar surface area (TPSA) is 48.5 Å². The van der Waals surface area contributed by atoms with Gasteiger partial charge in [0.15, 0.2) is 5.82 Å². The van der Waals surface area contributed by atoms with Crippen molar-refractivity contribution in [2.24, 2.45) is 7.05 Å². The largest absolute Gasteiger partial charge is 0.319 e.